The molecule has 15 nitrogen and oxygen atoms in total. The molecule has 8 rings (SSSR count). The number of hydrogen-bond acceptors (Lipinski definition) is 12. The van der Waals surface area contributed by atoms with Gasteiger partial charge in [-0.25, -0.2) is 0 Å². The number of carboxylic acid groups (broad SMARTS) is 1. The molecule has 0 amide bonds. The number of ether oxygens (including phenoxy) is 7. The Kier molecular flexibility index (Phi) is 9.13. The quantitative estimate of drug-likeness (QED) is 0.117. The first kappa shape index (κ1) is 35.1. The van der Waals surface area contributed by atoms with E-state index in [0.29, 0.717) is 29.5 Å². The SMILES string of the molecule is COc1ccc2c(c1OC)O[C@H]1c3c(Cn4cc5cc[nH]c5c4)cc(O[C@@H]4O[C@H](COC(=O)CC(=O)O)[C@@H](O)[C@H](O)[C@H]4O)cc3OC3(CCCCC3)[C@@H]21. The number of methoxy groups -OCH3 is 2. The summed E-state index contributed by atoms with van der Waals surface area (Å²) in [7, 11) is 3.18. The molecule has 4 aliphatic rings. The molecule has 1 aliphatic carbocycles. The Hall–Kier alpha value is -4.96. The number of H-pyrrole nitrogens is 1. The number of nitrogens with one attached hydrogen (secondary N) is 1. The summed E-state index contributed by atoms with van der Waals surface area (Å²) in [6.45, 7) is -0.187. The van der Waals surface area contributed by atoms with Crippen LogP contribution >= 0.6 is 0 Å². The Labute approximate surface area is 303 Å². The smallest absolute Gasteiger partial charge is 0.317 e. The number of rotatable bonds is 10. The van der Waals surface area contributed by atoms with E-state index in [1.807, 2.05) is 47.4 Å². The van der Waals surface area contributed by atoms with Crippen LogP contribution < -0.4 is 23.7 Å². The lowest BCUT2D eigenvalue weighted by molar-refractivity contribution is -0.278. The van der Waals surface area contributed by atoms with E-state index in [-0.39, 0.29) is 11.7 Å². The zero-order chi connectivity index (χ0) is 37.0. The Morgan fingerprint density at radius 2 is 1.81 bits per heavy atom. The fourth-order valence-electron chi connectivity index (χ4n) is 8.46. The van der Waals surface area contributed by atoms with Gasteiger partial charge >= 0.3 is 11.9 Å². The molecular formula is C38H42N2O13. The predicted molar refractivity (Wildman–Crippen MR) is 184 cm³/mol. The van der Waals surface area contributed by atoms with Crippen LogP contribution in [0.3, 0.4) is 0 Å². The maximum Gasteiger partial charge on any atom is 0.317 e. The van der Waals surface area contributed by atoms with Crippen LogP contribution in [0.2, 0.25) is 0 Å². The highest BCUT2D eigenvalue weighted by Gasteiger charge is 2.57. The number of aromatic amines is 1. The van der Waals surface area contributed by atoms with Crippen LogP contribution in [0, 0.1) is 0 Å². The first-order valence-electron chi connectivity index (χ1n) is 17.7. The summed E-state index contributed by atoms with van der Waals surface area (Å²) in [4.78, 5) is 26.1. The molecule has 1 spiro atoms. The first-order valence-corrected chi connectivity index (χ1v) is 17.7. The Morgan fingerprint density at radius 3 is 2.55 bits per heavy atom. The Morgan fingerprint density at radius 1 is 1.00 bits per heavy atom. The molecule has 3 aliphatic heterocycles. The van der Waals surface area contributed by atoms with Gasteiger partial charge in [-0.2, -0.15) is 0 Å². The predicted octanol–water partition coefficient (Wildman–Crippen LogP) is 3.55. The number of aliphatic hydroxyl groups is 3. The van der Waals surface area contributed by atoms with Gasteiger partial charge in [0, 0.05) is 47.7 Å². The Bertz CT molecular complexity index is 1990. The number of carbonyl (C=O) groups excluding carboxylic acids is 1. The number of aliphatic hydroxyl groups excluding tert-OH is 3. The number of nitrogens with zero attached hydrogens (tertiary/aromatic N) is 1. The molecule has 1 saturated heterocycles. The van der Waals surface area contributed by atoms with Crippen molar-refractivity contribution in [1.82, 2.24) is 9.55 Å². The van der Waals surface area contributed by atoms with Gasteiger partial charge in [-0.15, -0.1) is 0 Å². The zero-order valence-electron chi connectivity index (χ0n) is 29.2. The minimum Gasteiger partial charge on any atom is -0.493 e. The van der Waals surface area contributed by atoms with Gasteiger partial charge in [0.2, 0.25) is 12.0 Å². The minimum atomic E-state index is -1.73. The summed E-state index contributed by atoms with van der Waals surface area (Å²) < 4.78 is 44.6. The van der Waals surface area contributed by atoms with Crippen LogP contribution in [-0.4, -0.2) is 99.0 Å². The molecule has 0 unspecified atom stereocenters. The number of esters is 1. The average Bonchev–Trinajstić information content (AvgIpc) is 3.85. The van der Waals surface area contributed by atoms with Gasteiger partial charge < -0.3 is 63.1 Å². The van der Waals surface area contributed by atoms with Crippen LogP contribution in [0.4, 0.5) is 0 Å². The fourth-order valence-corrected chi connectivity index (χ4v) is 8.46. The molecule has 5 N–H and O–H groups in total. The van der Waals surface area contributed by atoms with E-state index >= 15 is 0 Å². The summed E-state index contributed by atoms with van der Waals surface area (Å²) in [6.07, 6.45) is 1.29. The van der Waals surface area contributed by atoms with E-state index in [0.717, 1.165) is 59.7 Å². The molecule has 1 saturated carbocycles. The zero-order valence-corrected chi connectivity index (χ0v) is 29.2. The maximum absolute atomic E-state index is 11.9. The molecule has 2 aromatic heterocycles. The molecule has 4 aromatic rings. The van der Waals surface area contributed by atoms with Crippen molar-refractivity contribution in [2.45, 2.75) is 93.4 Å². The lowest BCUT2D eigenvalue weighted by Crippen LogP contribution is -2.60. The maximum atomic E-state index is 11.9. The highest BCUT2D eigenvalue weighted by Crippen LogP contribution is 2.64. The number of benzene rings is 2. The molecule has 282 valence electrons. The van der Waals surface area contributed by atoms with Gasteiger partial charge in [0.25, 0.3) is 0 Å². The number of carboxylic acids is 1. The summed E-state index contributed by atoms with van der Waals surface area (Å²) in [5.41, 5.74) is 2.98. The Balaban J connectivity index is 1.19. The largest absolute Gasteiger partial charge is 0.493 e. The van der Waals surface area contributed by atoms with Crippen molar-refractivity contribution >= 4 is 22.8 Å². The van der Waals surface area contributed by atoms with E-state index < -0.39 is 67.4 Å². The normalized spacial score (nSPS) is 26.8. The van der Waals surface area contributed by atoms with Crippen LogP contribution in [0.5, 0.6) is 28.7 Å². The van der Waals surface area contributed by atoms with Gasteiger partial charge in [0.15, 0.2) is 11.5 Å². The van der Waals surface area contributed by atoms with Crippen molar-refractivity contribution in [1.29, 1.82) is 0 Å². The lowest BCUT2D eigenvalue weighted by atomic mass is 9.68. The van der Waals surface area contributed by atoms with Crippen molar-refractivity contribution in [2.75, 3.05) is 20.8 Å². The number of carbonyl (C=O) groups is 2. The third-order valence-corrected chi connectivity index (χ3v) is 10.9. The van der Waals surface area contributed by atoms with Gasteiger partial charge in [-0.05, 0) is 49.4 Å². The van der Waals surface area contributed by atoms with Gasteiger partial charge in [-0.3, -0.25) is 9.59 Å². The monoisotopic (exact) mass is 734 g/mol. The molecule has 5 heterocycles. The third kappa shape index (κ3) is 6.20. The molecule has 0 radical (unpaired) electrons. The van der Waals surface area contributed by atoms with Crippen molar-refractivity contribution in [3.05, 3.63) is 65.6 Å². The number of aliphatic carboxylic acids is 1. The van der Waals surface area contributed by atoms with E-state index in [1.165, 1.54) is 0 Å². The molecule has 0 bridgehead atoms. The summed E-state index contributed by atoms with van der Waals surface area (Å²) in [5.74, 6) is -0.0981. The van der Waals surface area contributed by atoms with E-state index in [2.05, 4.69) is 4.98 Å². The highest BCUT2D eigenvalue weighted by molar-refractivity contribution is 5.90. The van der Waals surface area contributed by atoms with E-state index in [1.54, 1.807) is 20.3 Å². The molecule has 15 heteroatoms. The van der Waals surface area contributed by atoms with Gasteiger partial charge in [0.1, 0.15) is 60.6 Å². The van der Waals surface area contributed by atoms with Crippen LogP contribution in [0.1, 0.15) is 67.2 Å². The fraction of sp³-hybridized carbons (Fsp3) is 0.474. The van der Waals surface area contributed by atoms with Crippen molar-refractivity contribution < 1.29 is 63.2 Å². The number of aromatic nitrogens is 2. The van der Waals surface area contributed by atoms with Crippen molar-refractivity contribution in [2.24, 2.45) is 0 Å². The molecule has 7 atom stereocenters. The highest BCUT2D eigenvalue weighted by atomic mass is 16.7. The van der Waals surface area contributed by atoms with Crippen molar-refractivity contribution in [3.63, 3.8) is 0 Å². The van der Waals surface area contributed by atoms with Crippen LogP contribution in [0.25, 0.3) is 10.9 Å². The van der Waals surface area contributed by atoms with Gasteiger partial charge in [-0.1, -0.05) is 12.5 Å². The second-order valence-electron chi connectivity index (χ2n) is 14.1. The standard InChI is InChI=1S/C38H42N2O13/c1-47-24-7-6-22-30-36(52-34(22)35(24)48-2)29-20(16-40-15-19-8-11-39-23(19)17-40)12-21(13-25(29)53-38(30)9-4-3-5-10-38)50-37-33(46)32(45)31(44)26(51-37)18-49-28(43)14-27(41)42/h6-8,11-13,15,17,26,30-33,36-37,39,44-46H,3-5,9-10,14,16,18H2,1-2H3,(H,41,42)/t26-,30+,31-,32+,33-,36+,37-/m1/s1. The van der Waals surface area contributed by atoms with E-state index in [4.69, 9.17) is 38.3 Å². The second kappa shape index (κ2) is 13.8. The van der Waals surface area contributed by atoms with Gasteiger partial charge in [0.05, 0.1) is 25.7 Å². The third-order valence-electron chi connectivity index (χ3n) is 10.9. The number of hydrogen-bond donors (Lipinski definition) is 5. The molecule has 53 heavy (non-hydrogen) atoms. The lowest BCUT2D eigenvalue weighted by Gasteiger charge is -2.48. The van der Waals surface area contributed by atoms with Crippen molar-refractivity contribution in [3.8, 4) is 28.7 Å². The first-order chi connectivity index (χ1) is 25.6. The molecular weight excluding hydrogens is 692 g/mol. The summed E-state index contributed by atoms with van der Waals surface area (Å²) >= 11 is 0. The van der Waals surface area contributed by atoms with Crippen LogP contribution in [-0.2, 0) is 25.6 Å². The topological polar surface area (TPSA) is 200 Å². The summed E-state index contributed by atoms with van der Waals surface area (Å²) in [6, 6.07) is 9.46. The summed E-state index contributed by atoms with van der Waals surface area (Å²) in [5, 5.41) is 42.3. The molecule has 2 fully saturated rings. The number of fused-ring (bicyclic) bond motifs is 7. The van der Waals surface area contributed by atoms with Crippen LogP contribution in [0.15, 0.2) is 48.9 Å². The average molecular weight is 735 g/mol. The second-order valence-corrected chi connectivity index (χ2v) is 14.1. The minimum absolute atomic E-state index is 0.153. The molecule has 2 aromatic carbocycles. The van der Waals surface area contributed by atoms with E-state index in [9.17, 15) is 24.9 Å².